The Hall–Kier alpha value is -2.06. The third kappa shape index (κ3) is 8.01. The lowest BCUT2D eigenvalue weighted by Crippen LogP contribution is -2.47. The Balaban J connectivity index is 1.73. The predicted octanol–water partition coefficient (Wildman–Crippen LogP) is 1.38. The van der Waals surface area contributed by atoms with Gasteiger partial charge in [-0.2, -0.15) is 0 Å². The van der Waals surface area contributed by atoms with Gasteiger partial charge in [-0.3, -0.25) is 4.79 Å². The number of aliphatic imine (C=N–C) groups is 1. The number of carbonyl (C=O) groups excluding carboxylic acids is 1. The number of ether oxygens (including phenoxy) is 2. The fourth-order valence-electron chi connectivity index (χ4n) is 2.91. The van der Waals surface area contributed by atoms with Crippen molar-refractivity contribution in [2.75, 3.05) is 46.5 Å². The van der Waals surface area contributed by atoms with Crippen LogP contribution in [0.2, 0.25) is 0 Å². The topological polar surface area (TPSA) is 88.3 Å². The number of amides is 1. The molecule has 27 heavy (non-hydrogen) atoms. The number of guanidine groups is 1. The molecule has 152 valence electrons. The molecule has 0 spiro atoms. The van der Waals surface area contributed by atoms with Crippen molar-refractivity contribution in [3.8, 4) is 0 Å². The molecule has 1 saturated heterocycles. The molecule has 0 aromatic carbocycles. The van der Waals surface area contributed by atoms with E-state index in [-0.39, 0.29) is 18.6 Å². The Bertz CT molecular complexity index is 554. The molecule has 1 amide bonds. The number of rotatable bonds is 10. The second-order valence-electron chi connectivity index (χ2n) is 6.43. The molecule has 8 heteroatoms. The monoisotopic (exact) mass is 380 g/mol. The van der Waals surface area contributed by atoms with Gasteiger partial charge < -0.3 is 29.4 Å². The standard InChI is InChI=1S/C19H32N4O4/c1-3-20-19(22-15-18(24)21-14-17-6-4-12-27-17)23-9-7-16(8-10-23)26-13-5-11-25-2/h4,6,12,16H,3,5,7-11,13-15H2,1-2H3,(H,20,22)(H,21,24). The minimum absolute atomic E-state index is 0.0937. The second kappa shape index (κ2) is 12.3. The molecule has 0 atom stereocenters. The Morgan fingerprint density at radius 2 is 2.15 bits per heavy atom. The van der Waals surface area contributed by atoms with Crippen LogP contribution in [0.25, 0.3) is 0 Å². The summed E-state index contributed by atoms with van der Waals surface area (Å²) in [4.78, 5) is 18.7. The molecule has 2 N–H and O–H groups in total. The first-order chi connectivity index (χ1) is 13.2. The van der Waals surface area contributed by atoms with E-state index >= 15 is 0 Å². The van der Waals surface area contributed by atoms with Crippen LogP contribution in [0.5, 0.6) is 0 Å². The normalized spacial score (nSPS) is 15.8. The van der Waals surface area contributed by atoms with Gasteiger partial charge in [-0.15, -0.1) is 0 Å². The average Bonchev–Trinajstić information content (AvgIpc) is 3.21. The van der Waals surface area contributed by atoms with Crippen LogP contribution in [0.1, 0.15) is 31.9 Å². The molecule has 1 aliphatic rings. The summed E-state index contributed by atoms with van der Waals surface area (Å²) < 4.78 is 16.1. The number of piperidine rings is 1. The maximum Gasteiger partial charge on any atom is 0.242 e. The number of methoxy groups -OCH3 is 1. The van der Waals surface area contributed by atoms with Gasteiger partial charge in [-0.1, -0.05) is 0 Å². The maximum atomic E-state index is 12.0. The highest BCUT2D eigenvalue weighted by Crippen LogP contribution is 2.14. The molecule has 2 heterocycles. The summed E-state index contributed by atoms with van der Waals surface area (Å²) >= 11 is 0. The Kier molecular flexibility index (Phi) is 9.72. The number of carbonyl (C=O) groups is 1. The number of likely N-dealkylation sites (tertiary alicyclic amines) is 1. The van der Waals surface area contributed by atoms with Gasteiger partial charge in [0.15, 0.2) is 5.96 Å². The lowest BCUT2D eigenvalue weighted by molar-refractivity contribution is -0.119. The van der Waals surface area contributed by atoms with E-state index in [0.29, 0.717) is 6.54 Å². The fourth-order valence-corrected chi connectivity index (χ4v) is 2.91. The fraction of sp³-hybridized carbons (Fsp3) is 0.684. The number of hydrogen-bond acceptors (Lipinski definition) is 5. The molecule has 1 aromatic heterocycles. The quantitative estimate of drug-likeness (QED) is 0.362. The summed E-state index contributed by atoms with van der Waals surface area (Å²) in [6, 6.07) is 3.63. The average molecular weight is 380 g/mol. The number of furan rings is 1. The van der Waals surface area contributed by atoms with E-state index in [2.05, 4.69) is 20.5 Å². The Morgan fingerprint density at radius 1 is 1.33 bits per heavy atom. The van der Waals surface area contributed by atoms with E-state index < -0.39 is 0 Å². The first kappa shape index (κ1) is 21.2. The highest BCUT2D eigenvalue weighted by molar-refractivity contribution is 5.85. The molecule has 0 radical (unpaired) electrons. The summed E-state index contributed by atoms with van der Waals surface area (Å²) in [5, 5.41) is 6.08. The molecule has 2 rings (SSSR count). The van der Waals surface area contributed by atoms with E-state index in [4.69, 9.17) is 13.9 Å². The Labute approximate surface area is 161 Å². The van der Waals surface area contributed by atoms with E-state index in [9.17, 15) is 4.79 Å². The van der Waals surface area contributed by atoms with Gasteiger partial charge in [0, 0.05) is 40.0 Å². The van der Waals surface area contributed by atoms with Gasteiger partial charge in [0.1, 0.15) is 12.3 Å². The van der Waals surface area contributed by atoms with Gasteiger partial charge >= 0.3 is 0 Å². The van der Waals surface area contributed by atoms with Crippen LogP contribution in [-0.4, -0.2) is 69.4 Å². The summed E-state index contributed by atoms with van der Waals surface area (Å²) in [6.45, 7) is 6.47. The van der Waals surface area contributed by atoms with Crippen molar-refractivity contribution in [1.82, 2.24) is 15.5 Å². The molecule has 0 saturated carbocycles. The zero-order valence-corrected chi connectivity index (χ0v) is 16.4. The second-order valence-corrected chi connectivity index (χ2v) is 6.43. The van der Waals surface area contributed by atoms with Crippen molar-refractivity contribution in [1.29, 1.82) is 0 Å². The van der Waals surface area contributed by atoms with Crippen LogP contribution in [0.3, 0.4) is 0 Å². The summed E-state index contributed by atoms with van der Waals surface area (Å²) in [5.41, 5.74) is 0. The number of nitrogens with zero attached hydrogens (tertiary/aromatic N) is 2. The first-order valence-electron chi connectivity index (χ1n) is 9.65. The zero-order valence-electron chi connectivity index (χ0n) is 16.4. The van der Waals surface area contributed by atoms with E-state index in [1.165, 1.54) is 0 Å². The smallest absolute Gasteiger partial charge is 0.242 e. The van der Waals surface area contributed by atoms with Crippen LogP contribution in [0, 0.1) is 0 Å². The van der Waals surface area contributed by atoms with Gasteiger partial charge in [0.2, 0.25) is 5.91 Å². The molecular weight excluding hydrogens is 348 g/mol. The molecule has 1 fully saturated rings. The van der Waals surface area contributed by atoms with Gasteiger partial charge in [-0.25, -0.2) is 4.99 Å². The molecule has 8 nitrogen and oxygen atoms in total. The number of nitrogens with one attached hydrogen (secondary N) is 2. The highest BCUT2D eigenvalue weighted by Gasteiger charge is 2.22. The molecule has 0 bridgehead atoms. The van der Waals surface area contributed by atoms with Crippen LogP contribution >= 0.6 is 0 Å². The van der Waals surface area contributed by atoms with E-state index in [1.54, 1.807) is 19.4 Å². The predicted molar refractivity (Wildman–Crippen MR) is 104 cm³/mol. The van der Waals surface area contributed by atoms with Crippen molar-refractivity contribution < 1.29 is 18.7 Å². The zero-order chi connectivity index (χ0) is 19.3. The van der Waals surface area contributed by atoms with Gasteiger partial charge in [-0.05, 0) is 38.3 Å². The van der Waals surface area contributed by atoms with Crippen molar-refractivity contribution >= 4 is 11.9 Å². The molecular formula is C19H32N4O4. The summed E-state index contributed by atoms with van der Waals surface area (Å²) in [6.07, 6.45) is 4.73. The van der Waals surface area contributed by atoms with Gasteiger partial charge in [0.05, 0.1) is 18.9 Å². The maximum absolute atomic E-state index is 12.0. The van der Waals surface area contributed by atoms with Crippen molar-refractivity contribution in [3.05, 3.63) is 24.2 Å². The molecule has 0 unspecified atom stereocenters. The van der Waals surface area contributed by atoms with Crippen LogP contribution in [-0.2, 0) is 20.8 Å². The summed E-state index contributed by atoms with van der Waals surface area (Å²) in [5.74, 6) is 1.38. The van der Waals surface area contributed by atoms with Crippen LogP contribution in [0.15, 0.2) is 27.8 Å². The minimum atomic E-state index is -0.127. The van der Waals surface area contributed by atoms with Crippen LogP contribution in [0.4, 0.5) is 0 Å². The molecule has 1 aromatic rings. The van der Waals surface area contributed by atoms with Crippen molar-refractivity contribution in [2.24, 2.45) is 4.99 Å². The summed E-state index contributed by atoms with van der Waals surface area (Å²) in [7, 11) is 1.71. The van der Waals surface area contributed by atoms with Crippen molar-refractivity contribution in [3.63, 3.8) is 0 Å². The third-order valence-electron chi connectivity index (χ3n) is 4.34. The van der Waals surface area contributed by atoms with E-state index in [1.807, 2.05) is 13.0 Å². The van der Waals surface area contributed by atoms with Crippen molar-refractivity contribution in [2.45, 2.75) is 38.8 Å². The molecule has 1 aliphatic heterocycles. The van der Waals surface area contributed by atoms with Gasteiger partial charge in [0.25, 0.3) is 0 Å². The Morgan fingerprint density at radius 3 is 2.81 bits per heavy atom. The molecule has 0 aliphatic carbocycles. The van der Waals surface area contributed by atoms with E-state index in [0.717, 1.165) is 63.8 Å². The largest absolute Gasteiger partial charge is 0.467 e. The first-order valence-corrected chi connectivity index (χ1v) is 9.65. The van der Waals surface area contributed by atoms with Crippen LogP contribution < -0.4 is 10.6 Å². The SMILES string of the molecule is CCNC(=NCC(=O)NCc1ccco1)N1CCC(OCCCOC)CC1. The highest BCUT2D eigenvalue weighted by atomic mass is 16.5. The lowest BCUT2D eigenvalue weighted by Gasteiger charge is -2.34. The lowest BCUT2D eigenvalue weighted by atomic mass is 10.1. The number of hydrogen-bond donors (Lipinski definition) is 2. The minimum Gasteiger partial charge on any atom is -0.467 e. The third-order valence-corrected chi connectivity index (χ3v) is 4.34.